The Balaban J connectivity index is 1.68. The molecule has 1 aromatic rings. The first-order valence-electron chi connectivity index (χ1n) is 12.4. The van der Waals surface area contributed by atoms with Gasteiger partial charge in [-0.25, -0.2) is 0 Å². The fraction of sp³-hybridized carbons (Fsp3) is 0.500. The molecule has 1 aliphatic carbocycles. The molecule has 0 saturated carbocycles. The summed E-state index contributed by atoms with van der Waals surface area (Å²) in [5.74, 6) is 0.0369. The second-order valence-corrected chi connectivity index (χ2v) is 9.28. The zero-order valence-electron chi connectivity index (χ0n) is 20.0. The van der Waals surface area contributed by atoms with Crippen molar-refractivity contribution in [2.75, 3.05) is 31.2 Å². The van der Waals surface area contributed by atoms with Gasteiger partial charge in [-0.1, -0.05) is 29.9 Å². The highest BCUT2D eigenvalue weighted by Gasteiger charge is 2.25. The van der Waals surface area contributed by atoms with Crippen LogP contribution >= 0.6 is 0 Å². The van der Waals surface area contributed by atoms with Crippen molar-refractivity contribution in [1.29, 1.82) is 0 Å². The lowest BCUT2D eigenvalue weighted by molar-refractivity contribution is -0.115. The van der Waals surface area contributed by atoms with Crippen LogP contribution in [0.25, 0.3) is 0 Å². The van der Waals surface area contributed by atoms with Crippen LogP contribution in [0.4, 0.5) is 5.69 Å². The van der Waals surface area contributed by atoms with Gasteiger partial charge in [0, 0.05) is 55.6 Å². The quantitative estimate of drug-likeness (QED) is 0.667. The number of hydrogen-bond acceptors (Lipinski definition) is 4. The van der Waals surface area contributed by atoms with E-state index in [1.54, 1.807) is 0 Å². The van der Waals surface area contributed by atoms with Gasteiger partial charge >= 0.3 is 0 Å². The Bertz CT molecular complexity index is 983. The molecule has 1 saturated heterocycles. The average Bonchev–Trinajstić information content (AvgIpc) is 2.83. The second-order valence-electron chi connectivity index (χ2n) is 9.28. The molecule has 1 fully saturated rings. The Labute approximate surface area is 197 Å². The Morgan fingerprint density at radius 3 is 2.76 bits per heavy atom. The summed E-state index contributed by atoms with van der Waals surface area (Å²) >= 11 is 0. The van der Waals surface area contributed by atoms with Crippen molar-refractivity contribution in [2.24, 2.45) is 0 Å². The Kier molecular flexibility index (Phi) is 7.81. The molecule has 2 heterocycles. The molecule has 2 aliphatic heterocycles. The van der Waals surface area contributed by atoms with Crippen LogP contribution in [0.15, 0.2) is 53.1 Å². The van der Waals surface area contributed by atoms with Crippen LogP contribution in [0.3, 0.4) is 0 Å². The Morgan fingerprint density at radius 1 is 1.15 bits per heavy atom. The number of amides is 1. The van der Waals surface area contributed by atoms with E-state index in [0.29, 0.717) is 24.6 Å². The second kappa shape index (κ2) is 11.0. The molecule has 0 bridgehead atoms. The first-order chi connectivity index (χ1) is 16.1. The van der Waals surface area contributed by atoms with Gasteiger partial charge in [-0.05, 0) is 75.6 Å². The lowest BCUT2D eigenvalue weighted by Crippen LogP contribution is -2.40. The number of ether oxygens (including phenoxy) is 1. The van der Waals surface area contributed by atoms with E-state index >= 15 is 0 Å². The number of hydrogen-bond donors (Lipinski definition) is 1. The molecule has 0 aromatic heterocycles. The van der Waals surface area contributed by atoms with Crippen molar-refractivity contribution in [3.8, 4) is 0 Å². The molecule has 4 rings (SSSR count). The van der Waals surface area contributed by atoms with E-state index in [2.05, 4.69) is 41.4 Å². The average molecular weight is 449 g/mol. The van der Waals surface area contributed by atoms with Crippen LogP contribution in [0.1, 0.15) is 68.3 Å². The van der Waals surface area contributed by atoms with Crippen molar-refractivity contribution in [3.05, 3.63) is 64.3 Å². The molecule has 1 N–H and O–H groups in total. The van der Waals surface area contributed by atoms with Crippen molar-refractivity contribution >= 4 is 17.4 Å². The molecule has 3 aliphatic rings. The van der Waals surface area contributed by atoms with Gasteiger partial charge in [-0.3, -0.25) is 9.59 Å². The maximum absolute atomic E-state index is 13.4. The largest absolute Gasteiger partial charge is 0.381 e. The number of nitrogens with one attached hydrogen (secondary N) is 1. The number of anilines is 1. The number of rotatable bonds is 3. The van der Waals surface area contributed by atoms with Crippen LogP contribution in [-0.2, 0) is 16.0 Å². The Morgan fingerprint density at radius 2 is 1.97 bits per heavy atom. The van der Waals surface area contributed by atoms with Crippen LogP contribution in [0, 0.1) is 0 Å². The number of carbonyl (C=O) groups is 2. The lowest BCUT2D eigenvalue weighted by Gasteiger charge is -2.37. The summed E-state index contributed by atoms with van der Waals surface area (Å²) in [4.78, 5) is 28.6. The molecule has 1 amide bonds. The first kappa shape index (κ1) is 23.5. The predicted molar refractivity (Wildman–Crippen MR) is 133 cm³/mol. The van der Waals surface area contributed by atoms with Crippen molar-refractivity contribution in [1.82, 2.24) is 5.32 Å². The molecule has 176 valence electrons. The molecule has 0 unspecified atom stereocenters. The van der Waals surface area contributed by atoms with Gasteiger partial charge < -0.3 is 15.0 Å². The predicted octanol–water partition coefficient (Wildman–Crippen LogP) is 4.92. The fourth-order valence-corrected chi connectivity index (χ4v) is 5.30. The molecular weight excluding hydrogens is 412 g/mol. The summed E-state index contributed by atoms with van der Waals surface area (Å²) in [6, 6.07) is 6.48. The van der Waals surface area contributed by atoms with Gasteiger partial charge in [-0.15, -0.1) is 0 Å². The lowest BCUT2D eigenvalue weighted by atomic mass is 9.89. The van der Waals surface area contributed by atoms with E-state index in [0.717, 1.165) is 86.3 Å². The van der Waals surface area contributed by atoms with Crippen molar-refractivity contribution in [2.45, 2.75) is 64.8 Å². The summed E-state index contributed by atoms with van der Waals surface area (Å²) < 4.78 is 5.59. The monoisotopic (exact) mass is 448 g/mol. The van der Waals surface area contributed by atoms with Gasteiger partial charge in [0.2, 0.25) is 0 Å². The molecule has 5 nitrogen and oxygen atoms in total. The Hall–Kier alpha value is -2.66. The number of nitrogens with zero attached hydrogens (tertiary/aromatic N) is 1. The maximum Gasteiger partial charge on any atom is 0.251 e. The maximum atomic E-state index is 13.4. The van der Waals surface area contributed by atoms with Crippen LogP contribution in [-0.4, -0.2) is 44.0 Å². The number of allylic oxidation sites excluding steroid dienone is 5. The molecule has 5 heteroatoms. The minimum absolute atomic E-state index is 0.103. The van der Waals surface area contributed by atoms with Crippen LogP contribution in [0.5, 0.6) is 0 Å². The zero-order chi connectivity index (χ0) is 23.2. The number of benzene rings is 1. The standard InChI is InChI=1S/C28H36N2O3/c1-3-30(22-13-15-33-16-14-22)26-12-8-11-24-23(26)10-7-5-4-6-9-21-17-20(2)18-27(31)25(21)19-29-28(24)32/h5,7-8,11-12,17,22H,3-4,6,9-10,13-16,18-19H2,1-2H3,(H,29,32)/b7-5+. The van der Waals surface area contributed by atoms with Crippen LogP contribution in [0.2, 0.25) is 0 Å². The van der Waals surface area contributed by atoms with E-state index < -0.39 is 0 Å². The van der Waals surface area contributed by atoms with Gasteiger partial charge in [0.05, 0.1) is 0 Å². The highest BCUT2D eigenvalue weighted by atomic mass is 16.5. The molecule has 1 aromatic carbocycles. The molecular formula is C28H36N2O3. The minimum atomic E-state index is -0.103. The summed E-state index contributed by atoms with van der Waals surface area (Å²) in [6.45, 7) is 6.96. The van der Waals surface area contributed by atoms with E-state index in [4.69, 9.17) is 4.74 Å². The van der Waals surface area contributed by atoms with E-state index in [1.165, 1.54) is 0 Å². The van der Waals surface area contributed by atoms with Gasteiger partial charge in [0.1, 0.15) is 0 Å². The van der Waals surface area contributed by atoms with Crippen molar-refractivity contribution in [3.63, 3.8) is 0 Å². The smallest absolute Gasteiger partial charge is 0.251 e. The van der Waals surface area contributed by atoms with Crippen molar-refractivity contribution < 1.29 is 14.3 Å². The fourth-order valence-electron chi connectivity index (χ4n) is 5.30. The van der Waals surface area contributed by atoms with E-state index in [9.17, 15) is 9.59 Å². The first-order valence-corrected chi connectivity index (χ1v) is 12.4. The molecule has 0 atom stereocenters. The third-order valence-corrected chi connectivity index (χ3v) is 6.99. The SMILES string of the molecule is CCN(c1cccc2c1C/C=C/CCCC1=C(CNC2=O)C(=O)CC(C)=C1)C1CCOCC1. The highest BCUT2D eigenvalue weighted by Crippen LogP contribution is 2.30. The van der Waals surface area contributed by atoms with Gasteiger partial charge in [0.25, 0.3) is 5.91 Å². The highest BCUT2D eigenvalue weighted by molar-refractivity contribution is 6.02. The molecule has 0 spiro atoms. The topological polar surface area (TPSA) is 58.6 Å². The summed E-state index contributed by atoms with van der Waals surface area (Å²) in [5.41, 5.74) is 5.88. The van der Waals surface area contributed by atoms with Crippen LogP contribution < -0.4 is 10.2 Å². The minimum Gasteiger partial charge on any atom is -0.381 e. The van der Waals surface area contributed by atoms with Gasteiger partial charge in [-0.2, -0.15) is 0 Å². The van der Waals surface area contributed by atoms with Gasteiger partial charge in [0.15, 0.2) is 5.78 Å². The molecule has 33 heavy (non-hydrogen) atoms. The number of ketones is 1. The number of Topliss-reactive ketones (excluding diaryl/α,β-unsaturated/α-hetero) is 1. The third kappa shape index (κ3) is 5.47. The van der Waals surface area contributed by atoms with E-state index in [1.807, 2.05) is 19.1 Å². The zero-order valence-corrected chi connectivity index (χ0v) is 20.0. The summed E-state index contributed by atoms with van der Waals surface area (Å²) in [7, 11) is 0. The summed E-state index contributed by atoms with van der Waals surface area (Å²) in [5, 5.41) is 3.08. The summed E-state index contributed by atoms with van der Waals surface area (Å²) in [6.07, 6.45) is 12.6. The molecule has 0 radical (unpaired) electrons. The normalized spacial score (nSPS) is 21.6. The number of carbonyl (C=O) groups excluding carboxylic acids is 2. The number of fused-ring (bicyclic) bond motifs is 1. The van der Waals surface area contributed by atoms with E-state index in [-0.39, 0.29) is 11.7 Å². The third-order valence-electron chi connectivity index (χ3n) is 6.99.